The second-order valence-corrected chi connectivity index (χ2v) is 6.87. The van der Waals surface area contributed by atoms with Gasteiger partial charge in [-0.2, -0.15) is 0 Å². The van der Waals surface area contributed by atoms with Crippen molar-refractivity contribution in [3.63, 3.8) is 0 Å². The summed E-state index contributed by atoms with van der Waals surface area (Å²) in [5.74, 6) is 0.551. The Labute approximate surface area is 135 Å². The van der Waals surface area contributed by atoms with E-state index in [9.17, 15) is 0 Å². The molecule has 0 N–H and O–H groups in total. The highest BCUT2D eigenvalue weighted by Crippen LogP contribution is 2.53. The molecule has 1 aromatic carbocycles. The normalized spacial score (nSPS) is 25.7. The number of allylic oxidation sites excluding steroid dienone is 2. The van der Waals surface area contributed by atoms with E-state index < -0.39 is 0 Å². The third kappa shape index (κ3) is 3.80. The van der Waals surface area contributed by atoms with Crippen LogP contribution in [0.1, 0.15) is 32.3 Å². The highest BCUT2D eigenvalue weighted by molar-refractivity contribution is 5.27. The number of hydrogen-bond acceptors (Lipinski definition) is 2. The van der Waals surface area contributed by atoms with E-state index in [1.165, 1.54) is 24.0 Å². The molecule has 0 heterocycles. The number of benzene rings is 1. The molecule has 2 rings (SSSR count). The monoisotopic (exact) mass is 299 g/mol. The zero-order valence-corrected chi connectivity index (χ0v) is 14.4. The van der Waals surface area contributed by atoms with Crippen molar-refractivity contribution in [2.24, 2.45) is 11.3 Å². The van der Waals surface area contributed by atoms with Gasteiger partial charge >= 0.3 is 0 Å². The first-order valence-electron chi connectivity index (χ1n) is 8.13. The molecule has 0 saturated heterocycles. The Morgan fingerprint density at radius 1 is 1.41 bits per heavy atom. The lowest BCUT2D eigenvalue weighted by Gasteiger charge is -2.50. The van der Waals surface area contributed by atoms with Crippen LogP contribution < -0.4 is 0 Å². The summed E-state index contributed by atoms with van der Waals surface area (Å²) in [5, 5.41) is 0. The minimum atomic E-state index is 0.169. The molecule has 2 nitrogen and oxygen atoms in total. The highest BCUT2D eigenvalue weighted by Gasteiger charge is 2.46. The van der Waals surface area contributed by atoms with E-state index in [0.29, 0.717) is 12.5 Å². The van der Waals surface area contributed by atoms with Crippen LogP contribution in [0, 0.1) is 11.3 Å². The quantitative estimate of drug-likeness (QED) is 0.680. The molecule has 22 heavy (non-hydrogen) atoms. The molecular formula is C20H29NO. The van der Waals surface area contributed by atoms with Gasteiger partial charge in [-0.1, -0.05) is 43.8 Å². The molecule has 0 bridgehead atoms. The number of nitrogens with zero attached hydrogens (tertiary/aromatic N) is 1. The zero-order valence-electron chi connectivity index (χ0n) is 14.4. The Balaban J connectivity index is 1.92. The fraction of sp³-hybridized carbons (Fsp3) is 0.500. The third-order valence-corrected chi connectivity index (χ3v) is 5.02. The average molecular weight is 299 g/mol. The van der Waals surface area contributed by atoms with Crippen molar-refractivity contribution in [1.29, 1.82) is 0 Å². The van der Waals surface area contributed by atoms with Crippen LogP contribution in [0.2, 0.25) is 0 Å². The van der Waals surface area contributed by atoms with E-state index in [-0.39, 0.29) is 11.5 Å². The molecule has 1 aliphatic carbocycles. The standard InChI is InChI=1S/C20H29NO/c1-16(12-14-21(4)5)20(3)13-11-19(20)17(2)22-15-18-9-7-6-8-10-18/h6-10,12,14,17,19H,1,11,13,15H2,2-5H3/b14-12+/t17?,19-,20+/m0/s1. The van der Waals surface area contributed by atoms with E-state index in [2.05, 4.69) is 61.9 Å². The van der Waals surface area contributed by atoms with Crippen molar-refractivity contribution in [3.05, 3.63) is 60.3 Å². The Hall–Kier alpha value is -1.54. The number of rotatable bonds is 7. The number of ether oxygens (including phenoxy) is 1. The van der Waals surface area contributed by atoms with E-state index in [1.807, 2.05) is 20.2 Å². The van der Waals surface area contributed by atoms with Gasteiger partial charge in [0.25, 0.3) is 0 Å². The average Bonchev–Trinajstić information content (AvgIpc) is 2.49. The molecule has 0 amide bonds. The summed E-state index contributed by atoms with van der Waals surface area (Å²) in [7, 11) is 4.08. The molecule has 2 heteroatoms. The lowest BCUT2D eigenvalue weighted by Crippen LogP contribution is -2.45. The van der Waals surface area contributed by atoms with Crippen LogP contribution in [-0.4, -0.2) is 25.1 Å². The largest absolute Gasteiger partial charge is 0.383 e. The van der Waals surface area contributed by atoms with Crippen LogP contribution in [0.4, 0.5) is 0 Å². The van der Waals surface area contributed by atoms with Gasteiger partial charge in [-0.15, -0.1) is 0 Å². The van der Waals surface area contributed by atoms with Crippen LogP contribution in [0.3, 0.4) is 0 Å². The maximum atomic E-state index is 6.13. The Kier molecular flexibility index (Phi) is 5.47. The predicted molar refractivity (Wildman–Crippen MR) is 93.5 cm³/mol. The maximum absolute atomic E-state index is 6.13. The van der Waals surface area contributed by atoms with Crippen molar-refractivity contribution >= 4 is 0 Å². The Morgan fingerprint density at radius 3 is 2.64 bits per heavy atom. The van der Waals surface area contributed by atoms with Gasteiger partial charge in [0, 0.05) is 14.1 Å². The first-order valence-corrected chi connectivity index (χ1v) is 8.13. The van der Waals surface area contributed by atoms with E-state index in [0.717, 1.165) is 0 Å². The molecule has 3 atom stereocenters. The molecule has 120 valence electrons. The smallest absolute Gasteiger partial charge is 0.0720 e. The van der Waals surface area contributed by atoms with Crippen LogP contribution in [0.5, 0.6) is 0 Å². The first kappa shape index (κ1) is 16.8. The zero-order chi connectivity index (χ0) is 16.2. The van der Waals surface area contributed by atoms with Gasteiger partial charge in [0.2, 0.25) is 0 Å². The predicted octanol–water partition coefficient (Wildman–Crippen LogP) is 4.64. The van der Waals surface area contributed by atoms with Crippen molar-refractivity contribution in [2.45, 2.75) is 39.4 Å². The van der Waals surface area contributed by atoms with Crippen molar-refractivity contribution in [3.8, 4) is 0 Å². The summed E-state index contributed by atoms with van der Waals surface area (Å²) < 4.78 is 6.13. The summed E-state index contributed by atoms with van der Waals surface area (Å²) in [5.41, 5.74) is 2.62. The molecule has 0 aliphatic heterocycles. The molecule has 1 unspecified atom stereocenters. The topological polar surface area (TPSA) is 12.5 Å². The molecule has 1 aliphatic rings. The summed E-state index contributed by atoms with van der Waals surface area (Å²) in [4.78, 5) is 2.05. The summed E-state index contributed by atoms with van der Waals surface area (Å²) in [6.07, 6.45) is 6.91. The highest BCUT2D eigenvalue weighted by atomic mass is 16.5. The molecule has 0 spiro atoms. The lowest BCUT2D eigenvalue weighted by atomic mass is 9.56. The number of hydrogen-bond donors (Lipinski definition) is 0. The van der Waals surface area contributed by atoms with Crippen LogP contribution in [-0.2, 0) is 11.3 Å². The minimum Gasteiger partial charge on any atom is -0.383 e. The van der Waals surface area contributed by atoms with Crippen LogP contribution >= 0.6 is 0 Å². The maximum Gasteiger partial charge on any atom is 0.0720 e. The van der Waals surface area contributed by atoms with Gasteiger partial charge in [-0.3, -0.25) is 0 Å². The van der Waals surface area contributed by atoms with Gasteiger partial charge in [0.1, 0.15) is 0 Å². The fourth-order valence-corrected chi connectivity index (χ4v) is 3.24. The van der Waals surface area contributed by atoms with Crippen molar-refractivity contribution in [1.82, 2.24) is 4.90 Å². The van der Waals surface area contributed by atoms with E-state index in [4.69, 9.17) is 4.74 Å². The van der Waals surface area contributed by atoms with E-state index >= 15 is 0 Å². The van der Waals surface area contributed by atoms with Crippen LogP contribution in [0.25, 0.3) is 0 Å². The summed E-state index contributed by atoms with van der Waals surface area (Å²) >= 11 is 0. The minimum absolute atomic E-state index is 0.169. The van der Waals surface area contributed by atoms with Gasteiger partial charge in [0.05, 0.1) is 12.7 Å². The van der Waals surface area contributed by atoms with Gasteiger partial charge in [-0.05, 0) is 54.5 Å². The Morgan fingerprint density at radius 2 is 2.09 bits per heavy atom. The fourth-order valence-electron chi connectivity index (χ4n) is 3.24. The molecule has 0 aromatic heterocycles. The second-order valence-electron chi connectivity index (χ2n) is 6.87. The third-order valence-electron chi connectivity index (χ3n) is 5.02. The molecule has 1 fully saturated rings. The summed E-state index contributed by atoms with van der Waals surface area (Å²) in [6, 6.07) is 10.4. The molecule has 1 saturated carbocycles. The SMILES string of the molecule is C=C(/C=C/N(C)C)[C@@]1(C)CC[C@H]1C(C)OCc1ccccc1. The van der Waals surface area contributed by atoms with Crippen molar-refractivity contribution in [2.75, 3.05) is 14.1 Å². The first-order chi connectivity index (χ1) is 10.4. The Bertz CT molecular complexity index is 520. The van der Waals surface area contributed by atoms with Gasteiger partial charge in [-0.25, -0.2) is 0 Å². The second kappa shape index (κ2) is 7.15. The van der Waals surface area contributed by atoms with Gasteiger partial charge < -0.3 is 9.64 Å². The van der Waals surface area contributed by atoms with E-state index in [1.54, 1.807) is 0 Å². The lowest BCUT2D eigenvalue weighted by molar-refractivity contribution is -0.0670. The summed E-state index contributed by atoms with van der Waals surface area (Å²) in [6.45, 7) is 9.52. The molecular weight excluding hydrogens is 270 g/mol. The molecule has 0 radical (unpaired) electrons. The van der Waals surface area contributed by atoms with Gasteiger partial charge in [0.15, 0.2) is 0 Å². The van der Waals surface area contributed by atoms with Crippen molar-refractivity contribution < 1.29 is 4.74 Å². The van der Waals surface area contributed by atoms with Crippen LogP contribution in [0.15, 0.2) is 54.8 Å². The molecule has 1 aromatic rings.